The molecule has 2 rings (SSSR count). The molecule has 2 aromatic carbocycles. The van der Waals surface area contributed by atoms with Crippen LogP contribution < -0.4 is 0 Å². The molecule has 0 aliphatic carbocycles. The lowest BCUT2D eigenvalue weighted by Gasteiger charge is -2.29. The molecule has 0 bridgehead atoms. The van der Waals surface area contributed by atoms with Crippen molar-refractivity contribution in [3.8, 4) is 0 Å². The van der Waals surface area contributed by atoms with E-state index in [-0.39, 0.29) is 24.3 Å². The molecule has 1 amide bonds. The molecule has 0 radical (unpaired) electrons. The predicted octanol–water partition coefficient (Wildman–Crippen LogP) is 3.77. The number of rotatable bonds is 8. The molecule has 4 nitrogen and oxygen atoms in total. The molecule has 0 N–H and O–H groups in total. The topological polar surface area (TPSA) is 46.6 Å². The van der Waals surface area contributed by atoms with Gasteiger partial charge in [-0.2, -0.15) is 0 Å². The van der Waals surface area contributed by atoms with Crippen LogP contribution in [-0.4, -0.2) is 30.4 Å². The van der Waals surface area contributed by atoms with Gasteiger partial charge in [-0.15, -0.1) is 0 Å². The minimum atomic E-state index is -0.305. The third-order valence-corrected chi connectivity index (χ3v) is 4.32. The first-order valence-corrected chi connectivity index (χ1v) is 8.57. The summed E-state index contributed by atoms with van der Waals surface area (Å²) in [5, 5.41) is 0. The zero-order chi connectivity index (χ0) is 18.1. The molecule has 0 saturated heterocycles. The largest absolute Gasteiger partial charge is 0.469 e. The second-order valence-corrected chi connectivity index (χ2v) is 5.99. The van der Waals surface area contributed by atoms with Gasteiger partial charge in [-0.1, -0.05) is 60.7 Å². The Labute approximate surface area is 149 Å². The van der Waals surface area contributed by atoms with Gasteiger partial charge in [0.25, 0.3) is 0 Å². The van der Waals surface area contributed by atoms with Crippen LogP contribution in [0.5, 0.6) is 0 Å². The van der Waals surface area contributed by atoms with Gasteiger partial charge in [0.15, 0.2) is 0 Å². The number of aryl methyl sites for hydroxylation is 1. The van der Waals surface area contributed by atoms with Gasteiger partial charge in [0, 0.05) is 13.0 Å². The summed E-state index contributed by atoms with van der Waals surface area (Å²) in [6.07, 6.45) is 1.31. The van der Waals surface area contributed by atoms with Crippen LogP contribution in [0.2, 0.25) is 0 Å². The van der Waals surface area contributed by atoms with E-state index in [4.69, 9.17) is 4.74 Å². The smallest absolute Gasteiger partial charge is 0.307 e. The number of ether oxygens (including phenoxy) is 1. The van der Waals surface area contributed by atoms with Gasteiger partial charge in [-0.05, 0) is 24.5 Å². The first-order valence-electron chi connectivity index (χ1n) is 8.57. The van der Waals surface area contributed by atoms with E-state index in [1.54, 1.807) is 4.90 Å². The van der Waals surface area contributed by atoms with Gasteiger partial charge in [-0.3, -0.25) is 9.59 Å². The molecule has 1 unspecified atom stereocenters. The molecule has 0 fully saturated rings. The van der Waals surface area contributed by atoms with Gasteiger partial charge < -0.3 is 9.64 Å². The first kappa shape index (κ1) is 18.7. The lowest BCUT2D eigenvalue weighted by atomic mass is 10.0. The number of methoxy groups -OCH3 is 1. The maximum atomic E-state index is 12.8. The third-order valence-electron chi connectivity index (χ3n) is 4.32. The highest BCUT2D eigenvalue weighted by Gasteiger charge is 2.22. The van der Waals surface area contributed by atoms with Crippen LogP contribution in [0.4, 0.5) is 0 Å². The quantitative estimate of drug-likeness (QED) is 0.688. The van der Waals surface area contributed by atoms with Crippen LogP contribution >= 0.6 is 0 Å². The zero-order valence-electron chi connectivity index (χ0n) is 14.9. The van der Waals surface area contributed by atoms with Gasteiger partial charge in [0.05, 0.1) is 19.6 Å². The minimum absolute atomic E-state index is 0.0455. The first-order chi connectivity index (χ1) is 12.1. The maximum Gasteiger partial charge on any atom is 0.307 e. The van der Waals surface area contributed by atoms with Crippen molar-refractivity contribution in [2.75, 3.05) is 13.7 Å². The fraction of sp³-hybridized carbons (Fsp3) is 0.333. The Morgan fingerprint density at radius 1 is 0.960 bits per heavy atom. The van der Waals surface area contributed by atoms with Crippen LogP contribution in [0, 0.1) is 0 Å². The molecule has 25 heavy (non-hydrogen) atoms. The van der Waals surface area contributed by atoms with Crippen molar-refractivity contribution in [2.45, 2.75) is 32.2 Å². The highest BCUT2D eigenvalue weighted by atomic mass is 16.5. The molecule has 0 aromatic heterocycles. The number of hydrogen-bond donors (Lipinski definition) is 0. The highest BCUT2D eigenvalue weighted by Crippen LogP contribution is 2.21. The number of nitrogens with zero attached hydrogens (tertiary/aromatic N) is 1. The van der Waals surface area contributed by atoms with Crippen LogP contribution in [0.25, 0.3) is 0 Å². The monoisotopic (exact) mass is 339 g/mol. The van der Waals surface area contributed by atoms with Gasteiger partial charge in [0.1, 0.15) is 0 Å². The predicted molar refractivity (Wildman–Crippen MR) is 98.0 cm³/mol. The Balaban J connectivity index is 2.06. The highest BCUT2D eigenvalue weighted by molar-refractivity contribution is 5.78. The van der Waals surface area contributed by atoms with Crippen molar-refractivity contribution in [3.05, 3.63) is 71.8 Å². The van der Waals surface area contributed by atoms with Crippen LogP contribution in [0.1, 0.15) is 36.9 Å². The van der Waals surface area contributed by atoms with E-state index >= 15 is 0 Å². The van der Waals surface area contributed by atoms with E-state index in [1.165, 1.54) is 7.11 Å². The lowest BCUT2D eigenvalue weighted by molar-refractivity contribution is -0.142. The minimum Gasteiger partial charge on any atom is -0.469 e. The Morgan fingerprint density at radius 2 is 1.56 bits per heavy atom. The summed E-state index contributed by atoms with van der Waals surface area (Å²) in [6.45, 7) is 2.35. The summed E-state index contributed by atoms with van der Waals surface area (Å²) in [5.41, 5.74) is 2.19. The molecule has 0 heterocycles. The Hall–Kier alpha value is -2.62. The number of benzene rings is 2. The van der Waals surface area contributed by atoms with Crippen molar-refractivity contribution < 1.29 is 14.3 Å². The number of carbonyl (C=O) groups is 2. The van der Waals surface area contributed by atoms with Gasteiger partial charge in [0.2, 0.25) is 5.91 Å². The summed E-state index contributed by atoms with van der Waals surface area (Å²) in [6, 6.07) is 19.7. The van der Waals surface area contributed by atoms with Crippen molar-refractivity contribution in [1.82, 2.24) is 4.90 Å². The van der Waals surface area contributed by atoms with Crippen molar-refractivity contribution >= 4 is 11.9 Å². The standard InChI is InChI=1S/C21H25NO3/c1-17(19-11-7-4-8-12-19)22(16-15-21(24)25-2)20(23)14-13-18-9-5-3-6-10-18/h3-12,17H,13-16H2,1-2H3. The van der Waals surface area contributed by atoms with E-state index in [0.717, 1.165) is 11.1 Å². The third kappa shape index (κ3) is 5.75. The average molecular weight is 339 g/mol. The fourth-order valence-electron chi connectivity index (χ4n) is 2.80. The molecular weight excluding hydrogens is 314 g/mol. The summed E-state index contributed by atoms with van der Waals surface area (Å²) in [4.78, 5) is 26.1. The van der Waals surface area contributed by atoms with E-state index in [1.807, 2.05) is 67.6 Å². The molecule has 1 atom stereocenters. The molecule has 0 saturated carbocycles. The lowest BCUT2D eigenvalue weighted by Crippen LogP contribution is -2.35. The summed E-state index contributed by atoms with van der Waals surface area (Å²) >= 11 is 0. The Bertz CT molecular complexity index is 670. The number of amides is 1. The van der Waals surface area contributed by atoms with E-state index < -0.39 is 0 Å². The van der Waals surface area contributed by atoms with Crippen LogP contribution in [0.3, 0.4) is 0 Å². The second-order valence-electron chi connectivity index (χ2n) is 5.99. The Kier molecular flexibility index (Phi) is 7.20. The van der Waals surface area contributed by atoms with E-state index in [0.29, 0.717) is 19.4 Å². The number of esters is 1. The fourth-order valence-corrected chi connectivity index (χ4v) is 2.80. The summed E-state index contributed by atoms with van der Waals surface area (Å²) in [7, 11) is 1.37. The molecule has 0 aliphatic heterocycles. The number of carbonyl (C=O) groups excluding carboxylic acids is 2. The molecular formula is C21H25NO3. The van der Waals surface area contributed by atoms with Gasteiger partial charge in [-0.25, -0.2) is 0 Å². The molecule has 0 aliphatic rings. The molecule has 0 spiro atoms. The van der Waals surface area contributed by atoms with Crippen molar-refractivity contribution in [3.63, 3.8) is 0 Å². The SMILES string of the molecule is COC(=O)CCN(C(=O)CCc1ccccc1)C(C)c1ccccc1. The van der Waals surface area contributed by atoms with Crippen molar-refractivity contribution in [2.24, 2.45) is 0 Å². The van der Waals surface area contributed by atoms with Crippen LogP contribution in [0.15, 0.2) is 60.7 Å². The number of hydrogen-bond acceptors (Lipinski definition) is 3. The maximum absolute atomic E-state index is 12.8. The Morgan fingerprint density at radius 3 is 2.16 bits per heavy atom. The van der Waals surface area contributed by atoms with Crippen molar-refractivity contribution in [1.29, 1.82) is 0 Å². The molecule has 132 valence electrons. The summed E-state index contributed by atoms with van der Waals surface area (Å²) < 4.78 is 4.72. The average Bonchev–Trinajstić information content (AvgIpc) is 2.67. The van der Waals surface area contributed by atoms with Crippen LogP contribution in [-0.2, 0) is 20.7 Å². The second kappa shape index (κ2) is 9.62. The normalized spacial score (nSPS) is 11.6. The van der Waals surface area contributed by atoms with Gasteiger partial charge >= 0.3 is 5.97 Å². The zero-order valence-corrected chi connectivity index (χ0v) is 14.9. The summed E-state index contributed by atoms with van der Waals surface area (Å²) in [5.74, 6) is -0.259. The van der Waals surface area contributed by atoms with E-state index in [9.17, 15) is 9.59 Å². The molecule has 4 heteroatoms. The molecule has 2 aromatic rings. The van der Waals surface area contributed by atoms with E-state index in [2.05, 4.69) is 0 Å².